The van der Waals surface area contributed by atoms with Gasteiger partial charge in [-0.3, -0.25) is 9.59 Å². The Balaban J connectivity index is 1.63. The lowest BCUT2D eigenvalue weighted by atomic mass is 9.97. The quantitative estimate of drug-likeness (QED) is 0.751. The Hall–Kier alpha value is -2.10. The Bertz CT molecular complexity index is 693. The summed E-state index contributed by atoms with van der Waals surface area (Å²) in [7, 11) is 0. The van der Waals surface area contributed by atoms with Crippen LogP contribution in [0, 0.1) is 5.92 Å². The van der Waals surface area contributed by atoms with Crippen LogP contribution in [-0.2, 0) is 11.3 Å². The van der Waals surface area contributed by atoms with Crippen molar-refractivity contribution in [3.8, 4) is 0 Å². The Morgan fingerprint density at radius 2 is 2.04 bits per heavy atom. The summed E-state index contributed by atoms with van der Waals surface area (Å²) in [5.41, 5.74) is 3.22. The Morgan fingerprint density at radius 1 is 1.23 bits per heavy atom. The Labute approximate surface area is 156 Å². The van der Waals surface area contributed by atoms with Crippen molar-refractivity contribution in [1.82, 2.24) is 10.2 Å². The lowest BCUT2D eigenvalue weighted by Crippen LogP contribution is -2.48. The maximum atomic E-state index is 12.9. The number of carbonyl (C=O) groups is 2. The van der Waals surface area contributed by atoms with Crippen LogP contribution < -0.4 is 5.32 Å². The van der Waals surface area contributed by atoms with E-state index in [4.69, 9.17) is 0 Å². The molecule has 1 aromatic carbocycles. The van der Waals surface area contributed by atoms with Gasteiger partial charge in [0.2, 0.25) is 5.91 Å². The Kier molecular flexibility index (Phi) is 6.12. The highest BCUT2D eigenvalue weighted by molar-refractivity contribution is 6.01. The first kappa shape index (κ1) is 18.7. The van der Waals surface area contributed by atoms with Gasteiger partial charge in [-0.25, -0.2) is 0 Å². The summed E-state index contributed by atoms with van der Waals surface area (Å²) in [5, 5.41) is 3.09. The molecular weight excluding hydrogens is 324 g/mol. The number of nitrogens with one attached hydrogen (secondary N) is 1. The smallest absolute Gasteiger partial charge is 0.255 e. The highest BCUT2D eigenvalue weighted by atomic mass is 16.2. The van der Waals surface area contributed by atoms with Gasteiger partial charge in [-0.1, -0.05) is 43.7 Å². The Morgan fingerprint density at radius 3 is 2.73 bits per heavy atom. The predicted molar refractivity (Wildman–Crippen MR) is 104 cm³/mol. The molecule has 3 rings (SSSR count). The van der Waals surface area contributed by atoms with E-state index < -0.39 is 6.04 Å². The van der Waals surface area contributed by atoms with Crippen molar-refractivity contribution in [3.05, 3.63) is 47.0 Å². The third-order valence-electron chi connectivity index (χ3n) is 5.35. The molecule has 0 spiro atoms. The average Bonchev–Trinajstić information content (AvgIpc) is 2.97. The van der Waals surface area contributed by atoms with Crippen LogP contribution in [0.1, 0.15) is 68.3 Å². The zero-order valence-electron chi connectivity index (χ0n) is 16.0. The SMILES string of the molecule is CC(C)CC(C(=O)NCCC1=CCCCC1)N1Cc2ccccc2C1=O. The number of benzene rings is 1. The summed E-state index contributed by atoms with van der Waals surface area (Å²) >= 11 is 0. The first-order valence-corrected chi connectivity index (χ1v) is 9.90. The lowest BCUT2D eigenvalue weighted by molar-refractivity contribution is -0.126. The van der Waals surface area contributed by atoms with Crippen LogP contribution in [0.3, 0.4) is 0 Å². The molecule has 2 aliphatic rings. The van der Waals surface area contributed by atoms with E-state index >= 15 is 0 Å². The number of allylic oxidation sites excluding steroid dienone is 1. The van der Waals surface area contributed by atoms with Gasteiger partial charge >= 0.3 is 0 Å². The van der Waals surface area contributed by atoms with Gasteiger partial charge in [0.1, 0.15) is 6.04 Å². The summed E-state index contributed by atoms with van der Waals surface area (Å²) in [4.78, 5) is 27.4. The highest BCUT2D eigenvalue weighted by Gasteiger charge is 2.36. The van der Waals surface area contributed by atoms with Gasteiger partial charge in [0.05, 0.1) is 0 Å². The normalized spacial score (nSPS) is 17.9. The van der Waals surface area contributed by atoms with Crippen LogP contribution in [0.15, 0.2) is 35.9 Å². The van der Waals surface area contributed by atoms with Crippen LogP contribution in [0.25, 0.3) is 0 Å². The maximum Gasteiger partial charge on any atom is 0.255 e. The zero-order valence-corrected chi connectivity index (χ0v) is 16.0. The van der Waals surface area contributed by atoms with Crippen molar-refractivity contribution in [2.75, 3.05) is 6.54 Å². The van der Waals surface area contributed by atoms with Gasteiger partial charge in [0.15, 0.2) is 0 Å². The summed E-state index contributed by atoms with van der Waals surface area (Å²) < 4.78 is 0. The lowest BCUT2D eigenvalue weighted by Gasteiger charge is -2.28. The molecule has 26 heavy (non-hydrogen) atoms. The monoisotopic (exact) mass is 354 g/mol. The minimum Gasteiger partial charge on any atom is -0.354 e. The van der Waals surface area contributed by atoms with Gasteiger partial charge < -0.3 is 10.2 Å². The average molecular weight is 354 g/mol. The highest BCUT2D eigenvalue weighted by Crippen LogP contribution is 2.27. The predicted octanol–water partition coefficient (Wildman–Crippen LogP) is 4.06. The molecule has 0 radical (unpaired) electrons. The van der Waals surface area contributed by atoms with Gasteiger partial charge in [0.25, 0.3) is 5.91 Å². The van der Waals surface area contributed by atoms with E-state index in [1.165, 1.54) is 24.8 Å². The van der Waals surface area contributed by atoms with Crippen LogP contribution in [0.4, 0.5) is 0 Å². The number of fused-ring (bicyclic) bond motifs is 1. The molecule has 4 nitrogen and oxygen atoms in total. The summed E-state index contributed by atoms with van der Waals surface area (Å²) in [6, 6.07) is 7.28. The van der Waals surface area contributed by atoms with Crippen molar-refractivity contribution in [3.63, 3.8) is 0 Å². The van der Waals surface area contributed by atoms with E-state index in [-0.39, 0.29) is 11.8 Å². The second-order valence-electron chi connectivity index (χ2n) is 7.88. The molecule has 1 heterocycles. The minimum atomic E-state index is -0.393. The molecule has 0 aromatic heterocycles. The molecular formula is C22H30N2O2. The van der Waals surface area contributed by atoms with Gasteiger partial charge in [-0.2, -0.15) is 0 Å². The van der Waals surface area contributed by atoms with Crippen LogP contribution >= 0.6 is 0 Å². The molecule has 140 valence electrons. The molecule has 1 unspecified atom stereocenters. The van der Waals surface area contributed by atoms with Crippen molar-refractivity contribution >= 4 is 11.8 Å². The fourth-order valence-corrected chi connectivity index (χ4v) is 3.95. The molecule has 1 N–H and O–H groups in total. The third kappa shape index (κ3) is 4.35. The van der Waals surface area contributed by atoms with Crippen LogP contribution in [0.2, 0.25) is 0 Å². The molecule has 0 saturated carbocycles. The second-order valence-corrected chi connectivity index (χ2v) is 7.88. The van der Waals surface area contributed by atoms with Crippen molar-refractivity contribution in [2.24, 2.45) is 5.92 Å². The van der Waals surface area contributed by atoms with Gasteiger partial charge in [-0.05, 0) is 56.1 Å². The first-order valence-electron chi connectivity index (χ1n) is 9.90. The topological polar surface area (TPSA) is 49.4 Å². The number of rotatable bonds is 7. The van der Waals surface area contributed by atoms with Gasteiger partial charge in [-0.15, -0.1) is 0 Å². The van der Waals surface area contributed by atoms with Crippen LogP contribution in [0.5, 0.6) is 0 Å². The number of carbonyl (C=O) groups excluding carboxylic acids is 2. The molecule has 2 amide bonds. The first-order chi connectivity index (χ1) is 12.6. The molecule has 1 aliphatic heterocycles. The fourth-order valence-electron chi connectivity index (χ4n) is 3.95. The third-order valence-corrected chi connectivity index (χ3v) is 5.35. The summed E-state index contributed by atoms with van der Waals surface area (Å²) in [5.74, 6) is 0.316. The summed E-state index contributed by atoms with van der Waals surface area (Å²) in [6.45, 7) is 5.39. The van der Waals surface area contributed by atoms with Gasteiger partial charge in [0, 0.05) is 18.7 Å². The van der Waals surface area contributed by atoms with E-state index in [0.717, 1.165) is 24.0 Å². The molecule has 0 fully saturated rings. The van der Waals surface area contributed by atoms with Crippen molar-refractivity contribution in [2.45, 2.75) is 65.0 Å². The van der Waals surface area contributed by atoms with E-state index in [2.05, 4.69) is 25.2 Å². The molecule has 0 bridgehead atoms. The number of hydrogen-bond acceptors (Lipinski definition) is 2. The summed E-state index contributed by atoms with van der Waals surface area (Å²) in [6.07, 6.45) is 8.80. The number of hydrogen-bond donors (Lipinski definition) is 1. The number of amides is 2. The number of nitrogens with zero attached hydrogens (tertiary/aromatic N) is 1. The maximum absolute atomic E-state index is 12.9. The van der Waals surface area contributed by atoms with E-state index in [0.29, 0.717) is 25.4 Å². The molecule has 0 saturated heterocycles. The minimum absolute atomic E-state index is 0.0172. The molecule has 4 heteroatoms. The standard InChI is InChI=1S/C22H30N2O2/c1-16(2)14-20(21(25)23-13-12-17-8-4-3-5-9-17)24-15-18-10-6-7-11-19(18)22(24)26/h6-8,10-11,16,20H,3-5,9,12-15H2,1-2H3,(H,23,25). The second kappa shape index (κ2) is 8.52. The van der Waals surface area contributed by atoms with Crippen LogP contribution in [-0.4, -0.2) is 29.3 Å². The molecule has 1 aromatic rings. The molecule has 1 aliphatic carbocycles. The van der Waals surface area contributed by atoms with E-state index in [9.17, 15) is 9.59 Å². The van der Waals surface area contributed by atoms with E-state index in [1.54, 1.807) is 4.90 Å². The van der Waals surface area contributed by atoms with E-state index in [1.807, 2.05) is 24.3 Å². The van der Waals surface area contributed by atoms with Crippen molar-refractivity contribution < 1.29 is 9.59 Å². The largest absolute Gasteiger partial charge is 0.354 e. The fraction of sp³-hybridized carbons (Fsp3) is 0.545. The van der Waals surface area contributed by atoms with Crippen molar-refractivity contribution in [1.29, 1.82) is 0 Å². The zero-order chi connectivity index (χ0) is 18.5. The molecule has 1 atom stereocenters.